The summed E-state index contributed by atoms with van der Waals surface area (Å²) in [5, 5.41) is 7.48. The molecular weight excluding hydrogens is 362 g/mol. The van der Waals surface area contributed by atoms with Crippen molar-refractivity contribution in [2.75, 3.05) is 12.1 Å². The van der Waals surface area contributed by atoms with Crippen molar-refractivity contribution in [2.24, 2.45) is 7.05 Å². The van der Waals surface area contributed by atoms with Crippen LogP contribution in [0, 0.1) is 0 Å². The molecule has 0 bridgehead atoms. The molecule has 3 heterocycles. The number of nitrogens with one attached hydrogen (secondary N) is 1. The highest BCUT2D eigenvalue weighted by Gasteiger charge is 2.18. The maximum absolute atomic E-state index is 12.4. The molecule has 0 saturated carbocycles. The summed E-state index contributed by atoms with van der Waals surface area (Å²) in [5.41, 5.74) is 0.689. The summed E-state index contributed by atoms with van der Waals surface area (Å²) in [5.74, 6) is 0.770. The first-order valence-corrected chi connectivity index (χ1v) is 8.17. The van der Waals surface area contributed by atoms with Crippen LogP contribution in [0.1, 0.15) is 6.42 Å². The number of carbonyl (C=O) groups is 1. The molecular formula is C16H14ClN5O4. The Morgan fingerprint density at radius 3 is 2.92 bits per heavy atom. The molecule has 0 fully saturated rings. The van der Waals surface area contributed by atoms with Gasteiger partial charge in [-0.05, 0) is 0 Å². The zero-order chi connectivity index (χ0) is 18.3. The predicted octanol–water partition coefficient (Wildman–Crippen LogP) is 1.54. The molecule has 1 N–H and O–H groups in total. The lowest BCUT2D eigenvalue weighted by atomic mass is 10.2. The smallest absolute Gasteiger partial charge is 0.264 e. The largest absolute Gasteiger partial charge is 0.454 e. The third kappa shape index (κ3) is 2.86. The molecule has 0 atom stereocenters. The molecule has 0 radical (unpaired) electrons. The summed E-state index contributed by atoms with van der Waals surface area (Å²) in [7, 11) is 1.71. The van der Waals surface area contributed by atoms with E-state index in [0.717, 1.165) is 0 Å². The number of ether oxygens (including phenoxy) is 2. The van der Waals surface area contributed by atoms with Gasteiger partial charge in [0.25, 0.3) is 5.56 Å². The van der Waals surface area contributed by atoms with Gasteiger partial charge in [-0.3, -0.25) is 18.8 Å². The number of fused-ring (bicyclic) bond motifs is 2. The lowest BCUT2D eigenvalue weighted by Gasteiger charge is -2.09. The van der Waals surface area contributed by atoms with Crippen molar-refractivity contribution in [1.29, 1.82) is 0 Å². The van der Waals surface area contributed by atoms with Gasteiger partial charge in [-0.25, -0.2) is 4.98 Å². The van der Waals surface area contributed by atoms with E-state index in [9.17, 15) is 9.59 Å². The van der Waals surface area contributed by atoms with Crippen LogP contribution in [0.3, 0.4) is 0 Å². The molecule has 1 aliphatic rings. The molecule has 10 heteroatoms. The lowest BCUT2D eigenvalue weighted by molar-refractivity contribution is -0.116. The highest BCUT2D eigenvalue weighted by Crippen LogP contribution is 2.39. The number of amides is 1. The van der Waals surface area contributed by atoms with E-state index < -0.39 is 0 Å². The Labute approximate surface area is 152 Å². The van der Waals surface area contributed by atoms with Gasteiger partial charge in [-0.15, -0.1) is 0 Å². The van der Waals surface area contributed by atoms with Gasteiger partial charge in [0.05, 0.1) is 23.2 Å². The monoisotopic (exact) mass is 375 g/mol. The fourth-order valence-corrected chi connectivity index (χ4v) is 2.87. The number of anilines is 1. The number of hydrogen-bond acceptors (Lipinski definition) is 6. The molecule has 26 heavy (non-hydrogen) atoms. The van der Waals surface area contributed by atoms with Crippen molar-refractivity contribution in [2.45, 2.75) is 13.0 Å². The van der Waals surface area contributed by atoms with Crippen molar-refractivity contribution in [3.63, 3.8) is 0 Å². The average molecular weight is 376 g/mol. The second-order valence-electron chi connectivity index (χ2n) is 5.73. The first-order valence-electron chi connectivity index (χ1n) is 7.79. The number of rotatable bonds is 4. The molecule has 9 nitrogen and oxygen atoms in total. The van der Waals surface area contributed by atoms with E-state index in [2.05, 4.69) is 15.4 Å². The second-order valence-corrected chi connectivity index (χ2v) is 6.14. The molecule has 1 aliphatic heterocycles. The number of aromatic nitrogens is 4. The van der Waals surface area contributed by atoms with Crippen molar-refractivity contribution < 1.29 is 14.3 Å². The molecule has 3 aromatic rings. The van der Waals surface area contributed by atoms with E-state index in [-0.39, 0.29) is 31.2 Å². The van der Waals surface area contributed by atoms with E-state index in [4.69, 9.17) is 21.1 Å². The van der Waals surface area contributed by atoms with Crippen molar-refractivity contribution in [3.05, 3.63) is 40.0 Å². The van der Waals surface area contributed by atoms with Gasteiger partial charge < -0.3 is 14.8 Å². The summed E-state index contributed by atoms with van der Waals surface area (Å²) in [4.78, 5) is 28.8. The van der Waals surface area contributed by atoms with Crippen molar-refractivity contribution in [1.82, 2.24) is 19.3 Å². The zero-order valence-corrected chi connectivity index (χ0v) is 14.5. The molecule has 134 valence electrons. The highest BCUT2D eigenvalue weighted by atomic mass is 35.5. The summed E-state index contributed by atoms with van der Waals surface area (Å²) in [6, 6.07) is 3.20. The molecule has 2 aromatic heterocycles. The van der Waals surface area contributed by atoms with Crippen LogP contribution in [0.2, 0.25) is 5.02 Å². The highest BCUT2D eigenvalue weighted by molar-refractivity contribution is 6.34. The number of nitrogens with zero attached hydrogens (tertiary/aromatic N) is 4. The maximum Gasteiger partial charge on any atom is 0.264 e. The van der Waals surface area contributed by atoms with Crippen LogP contribution in [-0.4, -0.2) is 32.0 Å². The van der Waals surface area contributed by atoms with Gasteiger partial charge in [-0.2, -0.15) is 5.10 Å². The van der Waals surface area contributed by atoms with E-state index in [1.807, 2.05) is 0 Å². The van der Waals surface area contributed by atoms with E-state index in [0.29, 0.717) is 33.2 Å². The summed E-state index contributed by atoms with van der Waals surface area (Å²) in [6.45, 7) is 0.306. The Balaban J connectivity index is 1.46. The van der Waals surface area contributed by atoms with Gasteiger partial charge in [0.15, 0.2) is 17.1 Å². The van der Waals surface area contributed by atoms with Gasteiger partial charge in [0.2, 0.25) is 12.7 Å². The number of hydrogen-bond donors (Lipinski definition) is 1. The number of halogens is 1. The van der Waals surface area contributed by atoms with Crippen LogP contribution in [0.25, 0.3) is 11.0 Å². The van der Waals surface area contributed by atoms with Crippen molar-refractivity contribution in [3.8, 4) is 11.5 Å². The summed E-state index contributed by atoms with van der Waals surface area (Å²) in [6.07, 6.45) is 2.96. The van der Waals surface area contributed by atoms with Crippen LogP contribution >= 0.6 is 11.6 Å². The summed E-state index contributed by atoms with van der Waals surface area (Å²) < 4.78 is 13.4. The average Bonchev–Trinajstić information content (AvgIpc) is 3.21. The minimum absolute atomic E-state index is 0.0815. The van der Waals surface area contributed by atoms with E-state index in [1.165, 1.54) is 21.8 Å². The Kier molecular flexibility index (Phi) is 4.00. The topological polar surface area (TPSA) is 100 Å². The fourth-order valence-electron chi connectivity index (χ4n) is 2.67. The molecule has 1 aromatic carbocycles. The first kappa shape index (κ1) is 16.4. The van der Waals surface area contributed by atoms with Gasteiger partial charge in [0, 0.05) is 32.1 Å². The Bertz CT molecular complexity index is 1070. The molecule has 0 unspecified atom stereocenters. The number of carbonyl (C=O) groups excluding carboxylic acids is 1. The first-order chi connectivity index (χ1) is 12.5. The maximum atomic E-state index is 12.4. The van der Waals surface area contributed by atoms with Crippen LogP contribution in [0.4, 0.5) is 5.69 Å². The minimum atomic E-state index is -0.288. The Morgan fingerprint density at radius 1 is 1.35 bits per heavy atom. The Hall–Kier alpha value is -3.07. The van der Waals surface area contributed by atoms with Crippen LogP contribution in [0.15, 0.2) is 29.5 Å². The molecule has 0 aliphatic carbocycles. The fraction of sp³-hybridized carbons (Fsp3) is 0.250. The molecule has 4 rings (SSSR count). The zero-order valence-electron chi connectivity index (χ0n) is 13.7. The van der Waals surface area contributed by atoms with Gasteiger partial charge in [-0.1, -0.05) is 11.6 Å². The normalized spacial score (nSPS) is 12.5. The van der Waals surface area contributed by atoms with Gasteiger partial charge >= 0.3 is 0 Å². The van der Waals surface area contributed by atoms with Crippen LogP contribution < -0.4 is 20.3 Å². The number of benzene rings is 1. The quantitative estimate of drug-likeness (QED) is 0.742. The van der Waals surface area contributed by atoms with E-state index in [1.54, 1.807) is 19.2 Å². The third-order valence-corrected chi connectivity index (χ3v) is 4.35. The number of aryl methyl sites for hydroxylation is 2. The Morgan fingerprint density at radius 2 is 2.12 bits per heavy atom. The van der Waals surface area contributed by atoms with Crippen LogP contribution in [-0.2, 0) is 18.4 Å². The molecule has 0 spiro atoms. The molecule has 0 saturated heterocycles. The van der Waals surface area contributed by atoms with Crippen molar-refractivity contribution >= 4 is 34.2 Å². The minimum Gasteiger partial charge on any atom is -0.454 e. The second kappa shape index (κ2) is 6.34. The molecule has 1 amide bonds. The standard InChI is InChI=1S/C16H14ClN5O4/c1-21-15-9(6-19-21)16(24)22(7-18-15)3-2-14(23)20-11-5-13-12(4-10(11)17)25-8-26-13/h4-7H,2-3,8H2,1H3,(H,20,23). The third-order valence-electron chi connectivity index (χ3n) is 4.03. The summed E-state index contributed by atoms with van der Waals surface area (Å²) >= 11 is 6.14. The predicted molar refractivity (Wildman–Crippen MR) is 93.6 cm³/mol. The van der Waals surface area contributed by atoms with Gasteiger partial charge in [0.1, 0.15) is 5.39 Å². The van der Waals surface area contributed by atoms with Crippen LogP contribution in [0.5, 0.6) is 11.5 Å². The SMILES string of the molecule is Cn1ncc2c(=O)n(CCC(=O)Nc3cc4c(cc3Cl)OCO4)cnc21. The lowest BCUT2D eigenvalue weighted by Crippen LogP contribution is -2.23. The van der Waals surface area contributed by atoms with E-state index >= 15 is 0 Å².